The van der Waals surface area contributed by atoms with Crippen LogP contribution in [-0.4, -0.2) is 16.9 Å². The van der Waals surface area contributed by atoms with Crippen molar-refractivity contribution in [2.45, 2.75) is 53.4 Å². The minimum Gasteiger partial charge on any atom is -0.478 e. The number of hydrogen-bond donors (Lipinski definition) is 1. The Bertz CT molecular complexity index is 425. The van der Waals surface area contributed by atoms with Crippen LogP contribution < -0.4 is 0 Å². The zero-order valence-corrected chi connectivity index (χ0v) is 11.7. The molecular weight excluding hydrogens is 228 g/mol. The molecule has 1 rings (SSSR count). The van der Waals surface area contributed by atoms with E-state index in [1.807, 2.05) is 13.8 Å². The van der Waals surface area contributed by atoms with E-state index in [0.717, 1.165) is 24.0 Å². The van der Waals surface area contributed by atoms with Crippen LogP contribution in [0.25, 0.3) is 0 Å². The summed E-state index contributed by atoms with van der Waals surface area (Å²) in [5.41, 5.74) is 2.98. The molecule has 18 heavy (non-hydrogen) atoms. The third-order valence-electron chi connectivity index (χ3n) is 3.80. The number of carboxylic acids is 1. The molecule has 0 aromatic carbocycles. The van der Waals surface area contributed by atoms with E-state index in [4.69, 9.17) is 5.11 Å². The van der Waals surface area contributed by atoms with Crippen molar-refractivity contribution < 1.29 is 14.7 Å². The molecule has 0 aromatic rings. The van der Waals surface area contributed by atoms with Gasteiger partial charge < -0.3 is 5.11 Å². The molecule has 0 saturated carbocycles. The van der Waals surface area contributed by atoms with Crippen LogP contribution in [-0.2, 0) is 9.59 Å². The second-order valence-corrected chi connectivity index (χ2v) is 5.74. The van der Waals surface area contributed by atoms with E-state index < -0.39 is 5.97 Å². The molecule has 100 valence electrons. The highest BCUT2D eigenvalue weighted by Gasteiger charge is 2.31. The smallest absolute Gasteiger partial charge is 0.328 e. The average molecular weight is 250 g/mol. The van der Waals surface area contributed by atoms with Gasteiger partial charge in [-0.05, 0) is 44.1 Å². The molecule has 0 radical (unpaired) electrons. The number of rotatable bonds is 4. The number of allylic oxidation sites excluding steroid dienone is 3. The lowest BCUT2D eigenvalue weighted by Gasteiger charge is -2.34. The molecule has 0 spiro atoms. The Kier molecular flexibility index (Phi) is 4.49. The summed E-state index contributed by atoms with van der Waals surface area (Å²) >= 11 is 0. The van der Waals surface area contributed by atoms with Crippen molar-refractivity contribution in [3.8, 4) is 0 Å². The van der Waals surface area contributed by atoms with Gasteiger partial charge in [0.15, 0.2) is 5.78 Å². The predicted octanol–water partition coefficient (Wildman–Crippen LogP) is 3.50. The Labute approximate surface area is 109 Å². The van der Waals surface area contributed by atoms with Gasteiger partial charge in [0.1, 0.15) is 0 Å². The van der Waals surface area contributed by atoms with Crippen molar-refractivity contribution in [2.24, 2.45) is 5.41 Å². The van der Waals surface area contributed by atoms with E-state index >= 15 is 0 Å². The first-order valence-electron chi connectivity index (χ1n) is 6.37. The highest BCUT2D eigenvalue weighted by Crippen LogP contribution is 2.41. The molecule has 0 fully saturated rings. The van der Waals surface area contributed by atoms with Crippen LogP contribution in [0.3, 0.4) is 0 Å². The Morgan fingerprint density at radius 1 is 1.44 bits per heavy atom. The van der Waals surface area contributed by atoms with E-state index in [2.05, 4.69) is 13.8 Å². The Hall–Kier alpha value is -1.38. The zero-order valence-electron chi connectivity index (χ0n) is 11.7. The second kappa shape index (κ2) is 5.51. The normalized spacial score (nSPS) is 20.2. The second-order valence-electron chi connectivity index (χ2n) is 5.74. The van der Waals surface area contributed by atoms with Crippen LogP contribution in [0.4, 0.5) is 0 Å². The number of carbonyl (C=O) groups excluding carboxylic acids is 1. The topological polar surface area (TPSA) is 54.4 Å². The van der Waals surface area contributed by atoms with Crippen molar-refractivity contribution in [3.05, 3.63) is 22.8 Å². The lowest BCUT2D eigenvalue weighted by molar-refractivity contribution is -0.131. The SMILES string of the molecule is CC(=CC(=O)O)CCC1=C(C)C(=O)CCC1(C)C. The first-order chi connectivity index (χ1) is 8.24. The average Bonchev–Trinajstić information content (AvgIpc) is 2.23. The minimum absolute atomic E-state index is 0.0570. The summed E-state index contributed by atoms with van der Waals surface area (Å²) in [5, 5.41) is 8.68. The van der Waals surface area contributed by atoms with Gasteiger partial charge in [-0.1, -0.05) is 25.0 Å². The lowest BCUT2D eigenvalue weighted by Crippen LogP contribution is -2.25. The van der Waals surface area contributed by atoms with E-state index in [-0.39, 0.29) is 11.2 Å². The molecule has 0 atom stereocenters. The summed E-state index contributed by atoms with van der Waals surface area (Å²) in [5.74, 6) is -0.665. The monoisotopic (exact) mass is 250 g/mol. The van der Waals surface area contributed by atoms with Gasteiger partial charge in [0.25, 0.3) is 0 Å². The largest absolute Gasteiger partial charge is 0.478 e. The van der Waals surface area contributed by atoms with Crippen molar-refractivity contribution in [2.75, 3.05) is 0 Å². The maximum Gasteiger partial charge on any atom is 0.328 e. The lowest BCUT2D eigenvalue weighted by atomic mass is 9.70. The van der Waals surface area contributed by atoms with Crippen LogP contribution in [0.2, 0.25) is 0 Å². The van der Waals surface area contributed by atoms with Gasteiger partial charge >= 0.3 is 5.97 Å². The summed E-state index contributed by atoms with van der Waals surface area (Å²) in [6.07, 6.45) is 4.25. The van der Waals surface area contributed by atoms with E-state index in [0.29, 0.717) is 12.8 Å². The van der Waals surface area contributed by atoms with Gasteiger partial charge in [0.05, 0.1) is 0 Å². The standard InChI is InChI=1S/C15H22O3/c1-10(9-14(17)18)5-6-12-11(2)13(16)7-8-15(12,3)4/h9H,5-8H2,1-4H3,(H,17,18). The maximum atomic E-state index is 11.7. The van der Waals surface area contributed by atoms with Crippen molar-refractivity contribution in [1.82, 2.24) is 0 Å². The molecule has 0 bridgehead atoms. The summed E-state index contributed by atoms with van der Waals surface area (Å²) in [7, 11) is 0. The number of Topliss-reactive ketones (excluding diaryl/α,β-unsaturated/α-hetero) is 1. The Balaban J connectivity index is 2.84. The van der Waals surface area contributed by atoms with Gasteiger partial charge in [-0.25, -0.2) is 4.79 Å². The molecule has 1 aliphatic rings. The molecule has 0 heterocycles. The van der Waals surface area contributed by atoms with E-state index in [9.17, 15) is 9.59 Å². The molecule has 0 saturated heterocycles. The highest BCUT2D eigenvalue weighted by atomic mass is 16.4. The summed E-state index contributed by atoms with van der Waals surface area (Å²) in [6.45, 7) is 8.04. The van der Waals surface area contributed by atoms with Crippen molar-refractivity contribution in [3.63, 3.8) is 0 Å². The fourth-order valence-electron chi connectivity index (χ4n) is 2.57. The third-order valence-corrected chi connectivity index (χ3v) is 3.80. The molecule has 3 heteroatoms. The molecule has 0 unspecified atom stereocenters. The first kappa shape index (κ1) is 14.7. The first-order valence-corrected chi connectivity index (χ1v) is 6.37. The van der Waals surface area contributed by atoms with Gasteiger partial charge in [-0.3, -0.25) is 4.79 Å². The van der Waals surface area contributed by atoms with E-state index in [1.165, 1.54) is 11.6 Å². The van der Waals surface area contributed by atoms with Crippen LogP contribution in [0.15, 0.2) is 22.8 Å². The summed E-state index contributed by atoms with van der Waals surface area (Å²) in [4.78, 5) is 22.3. The molecule has 1 N–H and O–H groups in total. The molecule has 1 aliphatic carbocycles. The van der Waals surface area contributed by atoms with Crippen molar-refractivity contribution >= 4 is 11.8 Å². The minimum atomic E-state index is -0.905. The molecule has 0 amide bonds. The van der Waals surface area contributed by atoms with Gasteiger partial charge in [0, 0.05) is 12.5 Å². The third kappa shape index (κ3) is 3.56. The maximum absolute atomic E-state index is 11.7. The highest BCUT2D eigenvalue weighted by molar-refractivity contribution is 5.96. The molecule has 0 aliphatic heterocycles. The van der Waals surface area contributed by atoms with Crippen LogP contribution in [0.5, 0.6) is 0 Å². The number of carbonyl (C=O) groups is 2. The number of ketones is 1. The predicted molar refractivity (Wildman–Crippen MR) is 71.3 cm³/mol. The van der Waals surface area contributed by atoms with Gasteiger partial charge in [-0.2, -0.15) is 0 Å². The zero-order chi connectivity index (χ0) is 13.9. The summed E-state index contributed by atoms with van der Waals surface area (Å²) < 4.78 is 0. The Morgan fingerprint density at radius 2 is 2.06 bits per heavy atom. The number of aliphatic carboxylic acids is 1. The van der Waals surface area contributed by atoms with Gasteiger partial charge in [-0.15, -0.1) is 0 Å². The van der Waals surface area contributed by atoms with Crippen LogP contribution >= 0.6 is 0 Å². The van der Waals surface area contributed by atoms with Crippen LogP contribution in [0.1, 0.15) is 53.4 Å². The number of carboxylic acid groups (broad SMARTS) is 1. The number of hydrogen-bond acceptors (Lipinski definition) is 2. The molecule has 0 aromatic heterocycles. The van der Waals surface area contributed by atoms with Gasteiger partial charge in [0.2, 0.25) is 0 Å². The van der Waals surface area contributed by atoms with E-state index in [1.54, 1.807) is 0 Å². The fourth-order valence-corrected chi connectivity index (χ4v) is 2.57. The molecular formula is C15H22O3. The summed E-state index contributed by atoms with van der Waals surface area (Å²) in [6, 6.07) is 0. The van der Waals surface area contributed by atoms with Crippen LogP contribution in [0, 0.1) is 5.41 Å². The van der Waals surface area contributed by atoms with Crippen molar-refractivity contribution in [1.29, 1.82) is 0 Å². The Morgan fingerprint density at radius 3 is 2.61 bits per heavy atom. The fraction of sp³-hybridized carbons (Fsp3) is 0.600. The quantitative estimate of drug-likeness (QED) is 0.777. The molecule has 3 nitrogen and oxygen atoms in total.